The van der Waals surface area contributed by atoms with Crippen LogP contribution >= 0.6 is 15.9 Å². The third-order valence-corrected chi connectivity index (χ3v) is 2.47. The number of nitrogens with zero attached hydrogens (tertiary/aromatic N) is 2. The molecule has 0 aliphatic carbocycles. The Morgan fingerprint density at radius 1 is 1.33 bits per heavy atom. The highest BCUT2D eigenvalue weighted by Gasteiger charge is 2.06. The smallest absolute Gasteiger partial charge is 0.137 e. The van der Waals surface area contributed by atoms with E-state index in [9.17, 15) is 0 Å². The molecule has 0 unspecified atom stereocenters. The molecular weight excluding hydrogens is 256 g/mol. The van der Waals surface area contributed by atoms with Crippen LogP contribution in [0.5, 0.6) is 0 Å². The molecule has 0 atom stereocenters. The average molecular weight is 267 g/mol. The molecule has 0 saturated heterocycles. The van der Waals surface area contributed by atoms with E-state index in [0.29, 0.717) is 0 Å². The van der Waals surface area contributed by atoms with Crippen molar-refractivity contribution in [2.24, 2.45) is 0 Å². The zero-order valence-corrected chi connectivity index (χ0v) is 9.99. The molecule has 0 spiro atoms. The molecule has 4 heteroatoms. The second-order valence-corrected chi connectivity index (χ2v) is 4.09. The second-order valence-electron chi connectivity index (χ2n) is 3.27. The summed E-state index contributed by atoms with van der Waals surface area (Å²) in [6.07, 6.45) is 1.97. The molecule has 0 amide bonds. The van der Waals surface area contributed by atoms with Crippen LogP contribution in [0.15, 0.2) is 33.4 Å². The molecule has 78 valence electrons. The van der Waals surface area contributed by atoms with Gasteiger partial charge in [0.1, 0.15) is 16.1 Å². The third-order valence-electron chi connectivity index (χ3n) is 2.03. The second kappa shape index (κ2) is 4.57. The van der Waals surface area contributed by atoms with Crippen LogP contribution in [-0.4, -0.2) is 10.1 Å². The first kappa shape index (κ1) is 10.4. The molecule has 0 radical (unpaired) electrons. The molecule has 0 saturated carbocycles. The lowest BCUT2D eigenvalue weighted by Gasteiger charge is -1.93. The van der Waals surface area contributed by atoms with Gasteiger partial charge >= 0.3 is 0 Å². The van der Waals surface area contributed by atoms with Crippen molar-refractivity contribution < 1.29 is 4.52 Å². The van der Waals surface area contributed by atoms with E-state index in [1.165, 1.54) is 0 Å². The highest BCUT2D eigenvalue weighted by atomic mass is 79.9. The predicted molar refractivity (Wildman–Crippen MR) is 61.4 cm³/mol. The van der Waals surface area contributed by atoms with Crippen LogP contribution in [0.3, 0.4) is 0 Å². The number of halogens is 1. The molecule has 0 aliphatic rings. The molecule has 0 fully saturated rings. The van der Waals surface area contributed by atoms with Crippen LogP contribution < -0.4 is 0 Å². The first-order valence-corrected chi connectivity index (χ1v) is 5.67. The lowest BCUT2D eigenvalue weighted by molar-refractivity contribution is 0.384. The monoisotopic (exact) mass is 266 g/mol. The van der Waals surface area contributed by atoms with Crippen LogP contribution in [0.25, 0.3) is 11.4 Å². The van der Waals surface area contributed by atoms with Crippen LogP contribution in [0.2, 0.25) is 0 Å². The largest absolute Gasteiger partial charge is 0.361 e. The van der Waals surface area contributed by atoms with Crippen molar-refractivity contribution in [2.75, 3.05) is 0 Å². The van der Waals surface area contributed by atoms with Crippen LogP contribution in [0, 0.1) is 0 Å². The third kappa shape index (κ3) is 2.45. The van der Waals surface area contributed by atoms with E-state index >= 15 is 0 Å². The highest BCUT2D eigenvalue weighted by Crippen LogP contribution is 2.19. The van der Waals surface area contributed by atoms with Gasteiger partial charge in [-0.25, -0.2) is 4.98 Å². The first-order chi connectivity index (χ1) is 7.29. The summed E-state index contributed by atoms with van der Waals surface area (Å²) < 4.78 is 6.00. The summed E-state index contributed by atoms with van der Waals surface area (Å²) in [5.41, 5.74) is 1.62. The number of aromatic nitrogens is 2. The van der Waals surface area contributed by atoms with Crippen LogP contribution in [0.4, 0.5) is 0 Å². The predicted octanol–water partition coefficient (Wildman–Crippen LogP) is 3.45. The van der Waals surface area contributed by atoms with Gasteiger partial charge < -0.3 is 4.52 Å². The first-order valence-electron chi connectivity index (χ1n) is 4.88. The molecule has 2 aromatic heterocycles. The van der Waals surface area contributed by atoms with E-state index in [0.717, 1.165) is 34.6 Å². The summed E-state index contributed by atoms with van der Waals surface area (Å²) in [7, 11) is 0. The molecule has 2 rings (SSSR count). The van der Waals surface area contributed by atoms with Gasteiger partial charge in [0.2, 0.25) is 0 Å². The molecule has 2 aromatic rings. The fraction of sp³-hybridized carbons (Fsp3) is 0.273. The number of aryl methyl sites for hydroxylation is 1. The number of hydrogen-bond acceptors (Lipinski definition) is 3. The van der Waals surface area contributed by atoms with Crippen molar-refractivity contribution in [1.82, 2.24) is 10.1 Å². The van der Waals surface area contributed by atoms with Gasteiger partial charge in [-0.3, -0.25) is 0 Å². The van der Waals surface area contributed by atoms with Crippen molar-refractivity contribution >= 4 is 15.9 Å². The molecule has 0 aliphatic heterocycles. The normalized spacial score (nSPS) is 10.5. The van der Waals surface area contributed by atoms with Gasteiger partial charge in [0.15, 0.2) is 0 Å². The van der Waals surface area contributed by atoms with Crippen molar-refractivity contribution in [3.63, 3.8) is 0 Å². The Hall–Kier alpha value is -1.16. The van der Waals surface area contributed by atoms with Gasteiger partial charge in [0, 0.05) is 12.5 Å². The lowest BCUT2D eigenvalue weighted by atomic mass is 10.2. The molecule has 3 nitrogen and oxygen atoms in total. The Bertz CT molecular complexity index is 453. The SMILES string of the molecule is CCCc1cc(-c2cccc(Br)n2)no1. The van der Waals surface area contributed by atoms with E-state index in [1.54, 1.807) is 0 Å². The minimum atomic E-state index is 0.791. The maximum atomic E-state index is 5.19. The van der Waals surface area contributed by atoms with Crippen LogP contribution in [-0.2, 0) is 6.42 Å². The van der Waals surface area contributed by atoms with Crippen LogP contribution in [0.1, 0.15) is 19.1 Å². The average Bonchev–Trinajstić information content (AvgIpc) is 2.67. The van der Waals surface area contributed by atoms with E-state index in [-0.39, 0.29) is 0 Å². The minimum Gasteiger partial charge on any atom is -0.361 e. The van der Waals surface area contributed by atoms with Crippen molar-refractivity contribution in [1.29, 1.82) is 0 Å². The van der Waals surface area contributed by atoms with Gasteiger partial charge in [-0.05, 0) is 34.5 Å². The van der Waals surface area contributed by atoms with Gasteiger partial charge in [0.25, 0.3) is 0 Å². The number of rotatable bonds is 3. The van der Waals surface area contributed by atoms with Gasteiger partial charge in [-0.1, -0.05) is 18.1 Å². The molecular formula is C11H11BrN2O. The Morgan fingerprint density at radius 3 is 2.93 bits per heavy atom. The van der Waals surface area contributed by atoms with Crippen molar-refractivity contribution in [3.8, 4) is 11.4 Å². The maximum absolute atomic E-state index is 5.19. The topological polar surface area (TPSA) is 38.9 Å². The molecule has 2 heterocycles. The molecule has 0 bridgehead atoms. The van der Waals surface area contributed by atoms with E-state index in [4.69, 9.17) is 4.52 Å². The summed E-state index contributed by atoms with van der Waals surface area (Å²) in [5, 5.41) is 3.99. The Kier molecular flexibility index (Phi) is 3.16. The molecule has 0 N–H and O–H groups in total. The molecule has 0 aromatic carbocycles. The van der Waals surface area contributed by atoms with E-state index < -0.39 is 0 Å². The standard InChI is InChI=1S/C11H11BrN2O/c1-2-4-8-7-10(14-15-8)9-5-3-6-11(12)13-9/h3,5-7H,2,4H2,1H3. The Labute approximate surface area is 96.6 Å². The summed E-state index contributed by atoms with van der Waals surface area (Å²) in [4.78, 5) is 4.31. The quantitative estimate of drug-likeness (QED) is 0.799. The van der Waals surface area contributed by atoms with E-state index in [1.807, 2.05) is 24.3 Å². The van der Waals surface area contributed by atoms with Crippen molar-refractivity contribution in [2.45, 2.75) is 19.8 Å². The Morgan fingerprint density at radius 2 is 2.20 bits per heavy atom. The number of hydrogen-bond donors (Lipinski definition) is 0. The zero-order chi connectivity index (χ0) is 10.7. The van der Waals surface area contributed by atoms with Crippen molar-refractivity contribution in [3.05, 3.63) is 34.6 Å². The summed E-state index contributed by atoms with van der Waals surface area (Å²) >= 11 is 3.33. The van der Waals surface area contributed by atoms with E-state index in [2.05, 4.69) is 33.0 Å². The summed E-state index contributed by atoms with van der Waals surface area (Å²) in [5.74, 6) is 0.911. The number of pyridine rings is 1. The highest BCUT2D eigenvalue weighted by molar-refractivity contribution is 9.10. The fourth-order valence-electron chi connectivity index (χ4n) is 1.35. The van der Waals surface area contributed by atoms with Gasteiger partial charge in [-0.15, -0.1) is 0 Å². The Balaban J connectivity index is 2.29. The molecule has 15 heavy (non-hydrogen) atoms. The maximum Gasteiger partial charge on any atom is 0.137 e. The fourth-order valence-corrected chi connectivity index (χ4v) is 1.69. The summed E-state index contributed by atoms with van der Waals surface area (Å²) in [6, 6.07) is 7.67. The minimum absolute atomic E-state index is 0.791. The summed E-state index contributed by atoms with van der Waals surface area (Å²) in [6.45, 7) is 2.11. The zero-order valence-electron chi connectivity index (χ0n) is 8.40. The van der Waals surface area contributed by atoms with Gasteiger partial charge in [0.05, 0.1) is 5.69 Å². The van der Waals surface area contributed by atoms with Gasteiger partial charge in [-0.2, -0.15) is 0 Å². The lowest BCUT2D eigenvalue weighted by Crippen LogP contribution is -1.82.